The molecule has 0 aliphatic heterocycles. The number of alkyl carbamates (subject to hydrolysis) is 1. The van der Waals surface area contributed by atoms with Crippen molar-refractivity contribution in [2.45, 2.75) is 32.6 Å². The van der Waals surface area contributed by atoms with Crippen molar-refractivity contribution in [3.63, 3.8) is 0 Å². The van der Waals surface area contributed by atoms with Crippen LogP contribution in [0, 0.1) is 11.8 Å². The van der Waals surface area contributed by atoms with Gasteiger partial charge in [0.15, 0.2) is 0 Å². The molecule has 0 radical (unpaired) electrons. The lowest BCUT2D eigenvalue weighted by atomic mass is 10.1. The molecule has 0 saturated carbocycles. The smallest absolute Gasteiger partial charge is 0.407 e. The minimum absolute atomic E-state index is 0.189. The predicted molar refractivity (Wildman–Crippen MR) is 73.3 cm³/mol. The van der Waals surface area contributed by atoms with Gasteiger partial charge in [0.1, 0.15) is 6.61 Å². The van der Waals surface area contributed by atoms with Crippen molar-refractivity contribution in [1.82, 2.24) is 5.32 Å². The first kappa shape index (κ1) is 14.7. The highest BCUT2D eigenvalue weighted by atomic mass is 35.5. The van der Waals surface area contributed by atoms with E-state index in [4.69, 9.17) is 16.3 Å². The summed E-state index contributed by atoms with van der Waals surface area (Å²) in [7, 11) is 0. The van der Waals surface area contributed by atoms with E-state index in [1.807, 2.05) is 12.2 Å². The van der Waals surface area contributed by atoms with E-state index < -0.39 is 6.09 Å². The molecule has 18 heavy (non-hydrogen) atoms. The number of rotatable bonds is 5. The van der Waals surface area contributed by atoms with E-state index in [1.54, 1.807) is 0 Å². The monoisotopic (exact) mass is 267 g/mol. The summed E-state index contributed by atoms with van der Waals surface area (Å²) in [6.07, 6.45) is 6.60. The molecule has 1 N–H and O–H groups in total. The number of amides is 1. The summed E-state index contributed by atoms with van der Waals surface area (Å²) in [6.45, 7) is 2.90. The van der Waals surface area contributed by atoms with Gasteiger partial charge in [-0.15, -0.1) is 0 Å². The van der Waals surface area contributed by atoms with Gasteiger partial charge in [0.05, 0.1) is 0 Å². The van der Waals surface area contributed by atoms with E-state index >= 15 is 0 Å². The maximum Gasteiger partial charge on any atom is 0.407 e. The third kappa shape index (κ3) is 5.79. The summed E-state index contributed by atoms with van der Waals surface area (Å²) in [5.74, 6) is 5.91. The average molecular weight is 268 g/mol. The normalized spacial score (nSPS) is 20.1. The number of hydrogen-bond donors (Lipinski definition) is 1. The lowest BCUT2D eigenvalue weighted by Gasteiger charge is -2.09. The molecule has 0 heterocycles. The Morgan fingerprint density at radius 3 is 3.17 bits per heavy atom. The Balaban J connectivity index is 2.40. The average Bonchev–Trinajstić information content (AvgIpc) is 2.34. The zero-order valence-electron chi connectivity index (χ0n) is 10.6. The molecule has 0 atom stereocenters. The van der Waals surface area contributed by atoms with Crippen molar-refractivity contribution in [1.29, 1.82) is 0 Å². The van der Waals surface area contributed by atoms with Gasteiger partial charge < -0.3 is 10.1 Å². The number of halogens is 1. The largest absolute Gasteiger partial charge is 0.445 e. The van der Waals surface area contributed by atoms with Crippen molar-refractivity contribution in [2.24, 2.45) is 0 Å². The molecule has 3 nitrogen and oxygen atoms in total. The van der Waals surface area contributed by atoms with Gasteiger partial charge in [-0.3, -0.25) is 0 Å². The fourth-order valence-corrected chi connectivity index (χ4v) is 1.55. The summed E-state index contributed by atoms with van der Waals surface area (Å²) in [4.78, 5) is 11.4. The standard InChI is InChI=1S/C14H18ClNO2/c1-2-3-10-16-14(17)18-11-12-8-6-4-5-7-9-13(12)15/h6,8H,2-4,9-11H2,1H3,(H,16,17)/b8-6-,13-12-. The van der Waals surface area contributed by atoms with E-state index in [9.17, 15) is 4.79 Å². The van der Waals surface area contributed by atoms with Crippen LogP contribution in [0.15, 0.2) is 22.8 Å². The van der Waals surface area contributed by atoms with Crippen LogP contribution in [0.25, 0.3) is 0 Å². The molecule has 0 unspecified atom stereocenters. The Hall–Kier alpha value is -1.40. The second kappa shape index (κ2) is 8.66. The molecule has 0 bridgehead atoms. The summed E-state index contributed by atoms with van der Waals surface area (Å²) >= 11 is 6.08. The zero-order chi connectivity index (χ0) is 13.2. The van der Waals surface area contributed by atoms with Crippen LogP contribution in [0.1, 0.15) is 32.6 Å². The van der Waals surface area contributed by atoms with Gasteiger partial charge in [-0.2, -0.15) is 0 Å². The van der Waals surface area contributed by atoms with Crippen molar-refractivity contribution in [3.8, 4) is 11.8 Å². The van der Waals surface area contributed by atoms with E-state index in [0.717, 1.165) is 18.4 Å². The number of unbranched alkanes of at least 4 members (excludes halogenated alkanes) is 1. The van der Waals surface area contributed by atoms with Crippen molar-refractivity contribution >= 4 is 17.7 Å². The molecule has 0 aromatic heterocycles. The Bertz CT molecular complexity index is 402. The summed E-state index contributed by atoms with van der Waals surface area (Å²) in [5, 5.41) is 3.33. The minimum Gasteiger partial charge on any atom is -0.445 e. The molecule has 1 amide bonds. The van der Waals surface area contributed by atoms with Gasteiger partial charge in [0, 0.05) is 30.0 Å². The highest BCUT2D eigenvalue weighted by Gasteiger charge is 2.06. The first-order chi connectivity index (χ1) is 8.74. The molecule has 98 valence electrons. The third-order valence-electron chi connectivity index (χ3n) is 2.41. The Morgan fingerprint density at radius 1 is 1.56 bits per heavy atom. The molecule has 1 aliphatic carbocycles. The molecule has 4 heteroatoms. The highest BCUT2D eigenvalue weighted by Crippen LogP contribution is 2.16. The second-order valence-electron chi connectivity index (χ2n) is 3.92. The maximum atomic E-state index is 11.4. The number of ether oxygens (including phenoxy) is 1. The Kier molecular flexibility index (Phi) is 7.05. The van der Waals surface area contributed by atoms with Crippen molar-refractivity contribution < 1.29 is 9.53 Å². The number of carbonyl (C=O) groups excluding carboxylic acids is 1. The van der Waals surface area contributed by atoms with Crippen LogP contribution in [-0.2, 0) is 4.74 Å². The van der Waals surface area contributed by atoms with Crippen molar-refractivity contribution in [2.75, 3.05) is 13.2 Å². The summed E-state index contributed by atoms with van der Waals surface area (Å²) < 4.78 is 5.10. The minimum atomic E-state index is -0.401. The second-order valence-corrected chi connectivity index (χ2v) is 4.38. The highest BCUT2D eigenvalue weighted by molar-refractivity contribution is 6.30. The molecule has 0 fully saturated rings. The number of carbonyl (C=O) groups is 1. The fourth-order valence-electron chi connectivity index (χ4n) is 1.36. The topological polar surface area (TPSA) is 38.3 Å². The molecule has 1 rings (SSSR count). The number of nitrogens with one attached hydrogen (secondary N) is 1. The lowest BCUT2D eigenvalue weighted by Crippen LogP contribution is -2.25. The first-order valence-corrected chi connectivity index (χ1v) is 6.52. The van der Waals surface area contributed by atoms with E-state index in [0.29, 0.717) is 24.4 Å². The van der Waals surface area contributed by atoms with Crippen LogP contribution < -0.4 is 5.32 Å². The van der Waals surface area contributed by atoms with E-state index in [1.165, 1.54) is 0 Å². The predicted octanol–water partition coefficient (Wildman–Crippen LogP) is 3.36. The molecule has 0 aromatic carbocycles. The van der Waals surface area contributed by atoms with Crippen LogP contribution >= 0.6 is 11.6 Å². The molecule has 0 aromatic rings. The summed E-state index contributed by atoms with van der Waals surface area (Å²) in [5.41, 5.74) is 0.816. The summed E-state index contributed by atoms with van der Waals surface area (Å²) in [6, 6.07) is 0. The maximum absolute atomic E-state index is 11.4. The number of allylic oxidation sites excluding steroid dienone is 2. The first-order valence-electron chi connectivity index (χ1n) is 6.14. The number of hydrogen-bond acceptors (Lipinski definition) is 2. The van der Waals surface area contributed by atoms with Gasteiger partial charge >= 0.3 is 6.09 Å². The lowest BCUT2D eigenvalue weighted by molar-refractivity contribution is 0.156. The van der Waals surface area contributed by atoms with Gasteiger partial charge in [-0.25, -0.2) is 4.79 Å². The van der Waals surface area contributed by atoms with Crippen LogP contribution in [0.4, 0.5) is 4.79 Å². The van der Waals surface area contributed by atoms with Gasteiger partial charge in [0.2, 0.25) is 0 Å². The molecule has 1 aliphatic rings. The molecular weight excluding hydrogens is 250 g/mol. The van der Waals surface area contributed by atoms with Gasteiger partial charge in [0.25, 0.3) is 0 Å². The zero-order valence-corrected chi connectivity index (χ0v) is 11.3. The van der Waals surface area contributed by atoms with E-state index in [2.05, 4.69) is 24.1 Å². The molecular formula is C14H18ClNO2. The van der Waals surface area contributed by atoms with E-state index in [-0.39, 0.29) is 6.61 Å². The van der Waals surface area contributed by atoms with Crippen LogP contribution in [0.2, 0.25) is 0 Å². The van der Waals surface area contributed by atoms with Gasteiger partial charge in [-0.05, 0) is 6.42 Å². The molecule has 0 spiro atoms. The van der Waals surface area contributed by atoms with Crippen molar-refractivity contribution in [3.05, 3.63) is 22.8 Å². The third-order valence-corrected chi connectivity index (χ3v) is 2.79. The SMILES string of the molecule is CCCCNC(=O)OCC1=C(\Cl)CC#CC/C=C\1. The van der Waals surface area contributed by atoms with Crippen LogP contribution in [0.5, 0.6) is 0 Å². The quantitative estimate of drug-likeness (QED) is 0.613. The Labute approximate surface area is 113 Å². The Morgan fingerprint density at radius 2 is 2.39 bits per heavy atom. The van der Waals surface area contributed by atoms with Crippen LogP contribution in [0.3, 0.4) is 0 Å². The fraction of sp³-hybridized carbons (Fsp3) is 0.500. The molecule has 0 saturated heterocycles. The van der Waals surface area contributed by atoms with Crippen LogP contribution in [-0.4, -0.2) is 19.2 Å². The van der Waals surface area contributed by atoms with Gasteiger partial charge in [-0.1, -0.05) is 48.9 Å².